The number of aliphatic hydroxyl groups excluding tert-OH is 6. The van der Waals surface area contributed by atoms with Gasteiger partial charge in [0.15, 0.2) is 12.0 Å². The number of nitrogens with one attached hydrogen (secondary N) is 2. The minimum atomic E-state index is -5.94. The largest absolute Gasteiger partial charge is 0.481 e. The standard InChI is InChI=1S/C17H27N3O18P2/c1-5(22)18-8(14(9(25)6(23)4-21)37-40(34,35)38-39(31,32)33)10(26)11(27)15-12(28)13(29)16(36-15)20-3-2-7(24)19-17(20)30/h2-3,6,8-9,11-16,21,23,25,27-29H,4H2,1H3,(H,18,22)(H,34,35)(H,19,24,30)(H2,31,32,33)/t6-,8+,9-,11?,12+,13-,14-,15-,16-/m1/s1. The SMILES string of the molecule is CC(=O)N[C@@H](C(=O)C(O)[C@H]1O[C@@H](n2ccc(=O)[nH]c2=O)[C@H](O)[C@@H]1O)[C@@H](OP(=O)(O)OP(=O)(O)O)[C@H](O)[C@H](O)CO. The lowest BCUT2D eigenvalue weighted by Crippen LogP contribution is -2.60. The second-order valence-corrected chi connectivity index (χ2v) is 11.1. The Morgan fingerprint density at radius 3 is 2.25 bits per heavy atom. The van der Waals surface area contributed by atoms with Crippen molar-refractivity contribution in [1.29, 1.82) is 0 Å². The molecular formula is C17H27N3O18P2. The predicted octanol–water partition coefficient (Wildman–Crippen LogP) is -6.10. The number of amides is 1. The molecule has 40 heavy (non-hydrogen) atoms. The van der Waals surface area contributed by atoms with Crippen molar-refractivity contribution >= 4 is 27.3 Å². The van der Waals surface area contributed by atoms with E-state index in [1.807, 2.05) is 10.3 Å². The molecule has 23 heteroatoms. The van der Waals surface area contributed by atoms with Crippen LogP contribution in [0, 0.1) is 0 Å². The monoisotopic (exact) mass is 623 g/mol. The van der Waals surface area contributed by atoms with Crippen LogP contribution in [0.5, 0.6) is 0 Å². The third-order valence-corrected chi connectivity index (χ3v) is 7.57. The molecule has 0 radical (unpaired) electrons. The van der Waals surface area contributed by atoms with Crippen LogP contribution in [-0.2, 0) is 32.3 Å². The zero-order chi connectivity index (χ0) is 30.7. The van der Waals surface area contributed by atoms with E-state index in [1.54, 1.807) is 0 Å². The summed E-state index contributed by atoms with van der Waals surface area (Å²) >= 11 is 0. The summed E-state index contributed by atoms with van der Waals surface area (Å²) in [5.74, 6) is -2.84. The molecule has 10 atom stereocenters. The summed E-state index contributed by atoms with van der Waals surface area (Å²) in [5.41, 5.74) is -1.96. The number of Topliss-reactive ketones (excluding diaryl/α,β-unsaturated/α-hetero) is 1. The fraction of sp³-hybridized carbons (Fsp3) is 0.647. The van der Waals surface area contributed by atoms with Gasteiger partial charge in [0.05, 0.1) is 6.61 Å². The maximum absolute atomic E-state index is 13.2. The normalized spacial score (nSPS) is 26.8. The van der Waals surface area contributed by atoms with Crippen LogP contribution in [0.1, 0.15) is 13.2 Å². The Hall–Kier alpha value is -2.20. The van der Waals surface area contributed by atoms with E-state index < -0.39 is 100 Å². The van der Waals surface area contributed by atoms with E-state index in [0.29, 0.717) is 4.57 Å². The van der Waals surface area contributed by atoms with E-state index in [0.717, 1.165) is 19.2 Å². The molecular weight excluding hydrogens is 596 g/mol. The summed E-state index contributed by atoms with van der Waals surface area (Å²) in [4.78, 5) is 77.7. The average molecular weight is 623 g/mol. The number of rotatable bonds is 13. The third kappa shape index (κ3) is 8.41. The smallest absolute Gasteiger partial charge is 0.394 e. The molecule has 0 aromatic carbocycles. The number of phosphoric acid groups is 2. The van der Waals surface area contributed by atoms with Crippen LogP contribution in [-0.4, -0.2) is 122 Å². The predicted molar refractivity (Wildman–Crippen MR) is 123 cm³/mol. The number of carbonyl (C=O) groups is 2. The molecule has 0 bridgehead atoms. The van der Waals surface area contributed by atoms with E-state index in [4.69, 9.17) is 19.6 Å². The minimum Gasteiger partial charge on any atom is -0.394 e. The number of aliphatic hydroxyl groups is 6. The molecule has 1 fully saturated rings. The zero-order valence-electron chi connectivity index (χ0n) is 20.1. The number of aromatic nitrogens is 2. The molecule has 11 N–H and O–H groups in total. The highest BCUT2D eigenvalue weighted by Gasteiger charge is 2.52. The molecule has 1 saturated heterocycles. The average Bonchev–Trinajstić information content (AvgIpc) is 3.11. The Morgan fingerprint density at radius 2 is 1.75 bits per heavy atom. The molecule has 0 saturated carbocycles. The summed E-state index contributed by atoms with van der Waals surface area (Å²) in [6.45, 7) is -0.515. The highest BCUT2D eigenvalue weighted by Crippen LogP contribution is 2.58. The lowest BCUT2D eigenvalue weighted by atomic mass is 9.91. The number of hydrogen-bond donors (Lipinski definition) is 11. The Balaban J connectivity index is 2.47. The summed E-state index contributed by atoms with van der Waals surface area (Å²) in [5, 5.41) is 62.6. The van der Waals surface area contributed by atoms with Crippen LogP contribution < -0.4 is 16.6 Å². The number of phosphoric ester groups is 1. The number of ether oxygens (including phenoxy) is 1. The Labute approximate surface area is 222 Å². The molecule has 2 unspecified atom stereocenters. The fourth-order valence-electron chi connectivity index (χ4n) is 3.64. The highest BCUT2D eigenvalue weighted by atomic mass is 31.3. The van der Waals surface area contributed by atoms with Crippen LogP contribution in [0.25, 0.3) is 0 Å². The van der Waals surface area contributed by atoms with E-state index in [-0.39, 0.29) is 0 Å². The van der Waals surface area contributed by atoms with Gasteiger partial charge < -0.3 is 55.4 Å². The number of hydrogen-bond acceptors (Lipinski definition) is 15. The van der Waals surface area contributed by atoms with Crippen molar-refractivity contribution in [1.82, 2.24) is 14.9 Å². The number of aromatic amines is 1. The first-order chi connectivity index (χ1) is 18.3. The van der Waals surface area contributed by atoms with E-state index >= 15 is 0 Å². The van der Waals surface area contributed by atoms with Gasteiger partial charge in [0.25, 0.3) is 5.56 Å². The van der Waals surface area contributed by atoms with E-state index in [2.05, 4.69) is 8.83 Å². The molecule has 1 aromatic rings. The molecule has 1 aliphatic rings. The third-order valence-electron chi connectivity index (χ3n) is 5.38. The van der Waals surface area contributed by atoms with Gasteiger partial charge in [0.2, 0.25) is 5.91 Å². The maximum Gasteiger partial charge on any atom is 0.481 e. The van der Waals surface area contributed by atoms with Gasteiger partial charge >= 0.3 is 21.3 Å². The van der Waals surface area contributed by atoms with Crippen LogP contribution >= 0.6 is 15.6 Å². The first kappa shape index (κ1) is 34.0. The topological polar surface area (TPSA) is 345 Å². The van der Waals surface area contributed by atoms with Gasteiger partial charge in [-0.25, -0.2) is 13.9 Å². The molecule has 0 aliphatic carbocycles. The quantitative estimate of drug-likeness (QED) is 0.0910. The Kier molecular flexibility index (Phi) is 11.2. The molecule has 21 nitrogen and oxygen atoms in total. The molecule has 228 valence electrons. The van der Waals surface area contributed by atoms with Crippen LogP contribution in [0.15, 0.2) is 21.9 Å². The van der Waals surface area contributed by atoms with Crippen molar-refractivity contribution < 1.29 is 77.6 Å². The summed E-state index contributed by atoms with van der Waals surface area (Å²) in [6.07, 6.45) is -17.4. The lowest BCUT2D eigenvalue weighted by molar-refractivity contribution is -0.152. The molecule has 1 aliphatic heterocycles. The van der Waals surface area contributed by atoms with Gasteiger partial charge in [-0.1, -0.05) is 0 Å². The summed E-state index contributed by atoms with van der Waals surface area (Å²) < 4.78 is 37.1. The van der Waals surface area contributed by atoms with E-state index in [9.17, 15) is 58.7 Å². The molecule has 0 spiro atoms. The van der Waals surface area contributed by atoms with E-state index in [1.165, 1.54) is 0 Å². The minimum absolute atomic E-state index is 0.590. The second kappa shape index (κ2) is 13.2. The van der Waals surface area contributed by atoms with Crippen molar-refractivity contribution in [2.75, 3.05) is 6.61 Å². The molecule has 1 amide bonds. The van der Waals surface area contributed by atoms with Gasteiger partial charge in [-0.05, 0) is 0 Å². The Morgan fingerprint density at radius 1 is 1.15 bits per heavy atom. The Bertz CT molecular complexity index is 1280. The van der Waals surface area contributed by atoms with Crippen LogP contribution in [0.2, 0.25) is 0 Å². The summed E-state index contributed by atoms with van der Waals surface area (Å²) in [7, 11) is -11.7. The summed E-state index contributed by atoms with van der Waals surface area (Å²) in [6, 6.07) is -1.65. The number of carbonyl (C=O) groups excluding carboxylic acids is 2. The second-order valence-electron chi connectivity index (χ2n) is 8.37. The zero-order valence-corrected chi connectivity index (χ0v) is 21.9. The van der Waals surface area contributed by atoms with Gasteiger partial charge in [0, 0.05) is 19.2 Å². The highest BCUT2D eigenvalue weighted by molar-refractivity contribution is 7.60. The first-order valence-electron chi connectivity index (χ1n) is 10.9. The van der Waals surface area contributed by atoms with Crippen molar-refractivity contribution in [3.63, 3.8) is 0 Å². The molecule has 2 heterocycles. The van der Waals surface area contributed by atoms with Crippen molar-refractivity contribution in [2.45, 2.75) is 61.9 Å². The first-order valence-corrected chi connectivity index (χ1v) is 13.9. The fourth-order valence-corrected chi connectivity index (χ4v) is 5.42. The van der Waals surface area contributed by atoms with Crippen molar-refractivity contribution in [2.24, 2.45) is 0 Å². The maximum atomic E-state index is 13.2. The molecule has 2 rings (SSSR count). The van der Waals surface area contributed by atoms with Gasteiger partial charge in [-0.15, -0.1) is 0 Å². The van der Waals surface area contributed by atoms with Gasteiger partial charge in [-0.3, -0.25) is 28.5 Å². The van der Waals surface area contributed by atoms with Gasteiger partial charge in [0.1, 0.15) is 48.8 Å². The van der Waals surface area contributed by atoms with Crippen molar-refractivity contribution in [3.05, 3.63) is 33.1 Å². The van der Waals surface area contributed by atoms with Crippen LogP contribution in [0.3, 0.4) is 0 Å². The molecule has 1 aromatic heterocycles. The van der Waals surface area contributed by atoms with Crippen molar-refractivity contribution in [3.8, 4) is 0 Å². The van der Waals surface area contributed by atoms with Crippen LogP contribution in [0.4, 0.5) is 0 Å². The number of nitrogens with zero attached hydrogens (tertiary/aromatic N) is 1. The number of ketones is 1. The number of H-pyrrole nitrogens is 1. The van der Waals surface area contributed by atoms with Gasteiger partial charge in [-0.2, -0.15) is 4.31 Å². The lowest BCUT2D eigenvalue weighted by Gasteiger charge is -2.34.